The van der Waals surface area contributed by atoms with Crippen molar-refractivity contribution in [3.8, 4) is 0 Å². The van der Waals surface area contributed by atoms with E-state index in [-0.39, 0.29) is 18.5 Å². The number of allylic oxidation sites excluding steroid dienone is 2. The van der Waals surface area contributed by atoms with E-state index in [1.807, 2.05) is 0 Å². The lowest BCUT2D eigenvalue weighted by Crippen LogP contribution is -2.45. The summed E-state index contributed by atoms with van der Waals surface area (Å²) in [6, 6.07) is -0.542. The number of rotatable bonds is 77. The summed E-state index contributed by atoms with van der Waals surface area (Å²) in [4.78, 5) is 24.7. The van der Waals surface area contributed by atoms with Crippen LogP contribution in [-0.4, -0.2) is 47.4 Å². The Hall–Kier alpha value is -1.40. The third-order valence-electron chi connectivity index (χ3n) is 19.3. The first kappa shape index (κ1) is 85.6. The van der Waals surface area contributed by atoms with Crippen molar-refractivity contribution >= 4 is 11.9 Å². The summed E-state index contributed by atoms with van der Waals surface area (Å²) in [7, 11) is 0. The number of esters is 1. The Bertz CT molecular complexity index is 1320. The zero-order valence-electron chi connectivity index (χ0n) is 59.5. The maximum absolute atomic E-state index is 12.6. The van der Waals surface area contributed by atoms with Gasteiger partial charge in [0.1, 0.15) is 0 Å². The van der Waals surface area contributed by atoms with Crippen molar-refractivity contribution in [1.82, 2.24) is 5.32 Å². The monoisotopic (exact) mass is 1230 g/mol. The number of aliphatic hydroxyl groups is 2. The van der Waals surface area contributed by atoms with E-state index in [0.717, 1.165) is 38.5 Å². The van der Waals surface area contributed by atoms with Crippen LogP contribution in [0.5, 0.6) is 0 Å². The quantitative estimate of drug-likeness (QED) is 0.0320. The second-order valence-corrected chi connectivity index (χ2v) is 28.1. The fraction of sp³-hybridized carbons (Fsp3) is 0.951. The zero-order chi connectivity index (χ0) is 62.8. The van der Waals surface area contributed by atoms with Crippen LogP contribution in [0.3, 0.4) is 0 Å². The SMILES string of the molecule is CCCCCCCCCCCCCCCCCCCCCCCCCC(O)C(CO)NC(=O)CCCCCCCCCCCCCCC/C=C\CCCCCCCCCCCCCCOC(=O)CCCCCCCCCCCCCCCCCCCC. The van der Waals surface area contributed by atoms with E-state index in [9.17, 15) is 19.8 Å². The summed E-state index contributed by atoms with van der Waals surface area (Å²) in [6.45, 7) is 5.02. The number of hydrogen-bond acceptors (Lipinski definition) is 5. The van der Waals surface area contributed by atoms with E-state index in [0.29, 0.717) is 25.9 Å². The van der Waals surface area contributed by atoms with Crippen LogP contribution >= 0.6 is 0 Å². The van der Waals surface area contributed by atoms with Crippen LogP contribution in [0.1, 0.15) is 470 Å². The van der Waals surface area contributed by atoms with E-state index >= 15 is 0 Å². The first-order valence-electron chi connectivity index (χ1n) is 40.4. The molecule has 6 nitrogen and oxygen atoms in total. The maximum atomic E-state index is 12.6. The van der Waals surface area contributed by atoms with Crippen molar-refractivity contribution in [3.05, 3.63) is 12.2 Å². The van der Waals surface area contributed by atoms with Crippen molar-refractivity contribution < 1.29 is 24.5 Å². The molecule has 0 aliphatic carbocycles. The molecule has 0 aliphatic rings. The lowest BCUT2D eigenvalue weighted by atomic mass is 10.0. The third kappa shape index (κ3) is 73.5. The summed E-state index contributed by atoms with van der Waals surface area (Å²) in [6.07, 6.45) is 97.3. The Labute approximate surface area is 546 Å². The van der Waals surface area contributed by atoms with Gasteiger partial charge in [0.2, 0.25) is 5.91 Å². The summed E-state index contributed by atoms with van der Waals surface area (Å²) >= 11 is 0. The fourth-order valence-corrected chi connectivity index (χ4v) is 13.2. The zero-order valence-corrected chi connectivity index (χ0v) is 59.5. The number of hydrogen-bond donors (Lipinski definition) is 3. The molecule has 2 atom stereocenters. The Kier molecular flexibility index (Phi) is 75.8. The van der Waals surface area contributed by atoms with E-state index in [1.165, 1.54) is 398 Å². The number of aliphatic hydroxyl groups excluding tert-OH is 2. The second-order valence-electron chi connectivity index (χ2n) is 28.1. The highest BCUT2D eigenvalue weighted by molar-refractivity contribution is 5.76. The van der Waals surface area contributed by atoms with Crippen molar-refractivity contribution in [3.63, 3.8) is 0 Å². The fourth-order valence-electron chi connectivity index (χ4n) is 13.2. The van der Waals surface area contributed by atoms with E-state index in [2.05, 4.69) is 31.3 Å². The molecular weight excluding hydrogens is 1070 g/mol. The number of nitrogens with one attached hydrogen (secondary N) is 1. The van der Waals surface area contributed by atoms with Gasteiger partial charge in [-0.15, -0.1) is 0 Å². The molecule has 0 aromatic rings. The van der Waals surface area contributed by atoms with Gasteiger partial charge in [-0.25, -0.2) is 0 Å². The van der Waals surface area contributed by atoms with Crippen LogP contribution in [0.2, 0.25) is 0 Å². The van der Waals surface area contributed by atoms with Crippen LogP contribution < -0.4 is 5.32 Å². The summed E-state index contributed by atoms with van der Waals surface area (Å²) < 4.78 is 5.52. The molecule has 2 unspecified atom stereocenters. The Morgan fingerprint density at radius 2 is 0.540 bits per heavy atom. The van der Waals surface area contributed by atoms with Crippen LogP contribution in [0.4, 0.5) is 0 Å². The smallest absolute Gasteiger partial charge is 0.305 e. The van der Waals surface area contributed by atoms with Crippen LogP contribution in [0, 0.1) is 0 Å². The van der Waals surface area contributed by atoms with Gasteiger partial charge in [-0.2, -0.15) is 0 Å². The molecule has 0 fully saturated rings. The van der Waals surface area contributed by atoms with Crippen molar-refractivity contribution in [2.45, 2.75) is 482 Å². The topological polar surface area (TPSA) is 95.9 Å². The molecule has 518 valence electrons. The summed E-state index contributed by atoms with van der Waals surface area (Å²) in [5.74, 6) is -0.00567. The minimum Gasteiger partial charge on any atom is -0.466 e. The molecule has 6 heteroatoms. The van der Waals surface area contributed by atoms with E-state index in [1.54, 1.807) is 0 Å². The summed E-state index contributed by atoms with van der Waals surface area (Å²) in [5, 5.41) is 23.5. The first-order valence-corrected chi connectivity index (χ1v) is 40.4. The second kappa shape index (κ2) is 77.1. The molecule has 0 saturated carbocycles. The lowest BCUT2D eigenvalue weighted by Gasteiger charge is -2.22. The largest absolute Gasteiger partial charge is 0.466 e. The van der Waals surface area contributed by atoms with Crippen LogP contribution in [0.25, 0.3) is 0 Å². The minimum absolute atomic E-state index is 0.0224. The molecule has 0 rings (SSSR count). The predicted molar refractivity (Wildman–Crippen MR) is 384 cm³/mol. The van der Waals surface area contributed by atoms with E-state index < -0.39 is 12.1 Å². The normalized spacial score (nSPS) is 12.5. The molecule has 0 aromatic carbocycles. The molecule has 0 aromatic heterocycles. The van der Waals surface area contributed by atoms with Crippen LogP contribution in [0.15, 0.2) is 12.2 Å². The van der Waals surface area contributed by atoms with E-state index in [4.69, 9.17) is 4.74 Å². The maximum Gasteiger partial charge on any atom is 0.305 e. The van der Waals surface area contributed by atoms with Crippen molar-refractivity contribution in [1.29, 1.82) is 0 Å². The summed E-state index contributed by atoms with van der Waals surface area (Å²) in [5.41, 5.74) is 0. The highest BCUT2D eigenvalue weighted by atomic mass is 16.5. The highest BCUT2D eigenvalue weighted by Gasteiger charge is 2.20. The van der Waals surface area contributed by atoms with Crippen LogP contribution in [-0.2, 0) is 14.3 Å². The first-order chi connectivity index (χ1) is 43.0. The van der Waals surface area contributed by atoms with Gasteiger partial charge in [-0.3, -0.25) is 9.59 Å². The van der Waals surface area contributed by atoms with Gasteiger partial charge >= 0.3 is 5.97 Å². The molecule has 1 amide bonds. The molecule has 3 N–H and O–H groups in total. The molecular formula is C81H159NO5. The van der Waals surface area contributed by atoms with Gasteiger partial charge in [0.25, 0.3) is 0 Å². The third-order valence-corrected chi connectivity index (χ3v) is 19.3. The number of ether oxygens (including phenoxy) is 1. The number of unbranched alkanes of at least 4 members (excludes halogenated alkanes) is 64. The highest BCUT2D eigenvalue weighted by Crippen LogP contribution is 2.20. The number of carbonyl (C=O) groups is 2. The van der Waals surface area contributed by atoms with Gasteiger partial charge in [-0.1, -0.05) is 418 Å². The molecule has 0 bridgehead atoms. The average molecular weight is 1230 g/mol. The minimum atomic E-state index is -0.665. The average Bonchev–Trinajstić information content (AvgIpc) is 3.52. The molecule has 0 spiro atoms. The molecule has 0 saturated heterocycles. The van der Waals surface area contributed by atoms with Gasteiger partial charge in [-0.05, 0) is 51.4 Å². The lowest BCUT2D eigenvalue weighted by molar-refractivity contribution is -0.143. The standard InChI is InChI=1S/C81H159NO5/c1-3-5-7-9-11-13-15-17-19-21-23-24-32-35-38-41-45-49-53-57-61-65-69-73-79(84)78(77-83)82-80(85)74-70-66-62-58-54-50-46-42-39-36-33-30-28-26-25-27-29-31-34-37-40-44-48-52-56-60-64-68-72-76-87-81(86)75-71-67-63-59-55-51-47-43-22-20-18-16-14-12-10-8-6-4-2/h25,27,78-79,83-84H,3-24,26,28-77H2,1-2H3,(H,82,85)/b27-25-. The Morgan fingerprint density at radius 1 is 0.310 bits per heavy atom. The molecule has 0 radical (unpaired) electrons. The number of amides is 1. The molecule has 0 aliphatic heterocycles. The van der Waals surface area contributed by atoms with Gasteiger partial charge < -0.3 is 20.3 Å². The number of carbonyl (C=O) groups excluding carboxylic acids is 2. The predicted octanol–water partition coefficient (Wildman–Crippen LogP) is 26.7. The Balaban J connectivity index is 3.35. The van der Waals surface area contributed by atoms with Crippen molar-refractivity contribution in [2.24, 2.45) is 0 Å². The van der Waals surface area contributed by atoms with Gasteiger partial charge in [0.15, 0.2) is 0 Å². The van der Waals surface area contributed by atoms with Crippen molar-refractivity contribution in [2.75, 3.05) is 13.2 Å². The molecule has 87 heavy (non-hydrogen) atoms. The van der Waals surface area contributed by atoms with Gasteiger partial charge in [0.05, 0.1) is 25.4 Å². The molecule has 0 heterocycles. The van der Waals surface area contributed by atoms with Gasteiger partial charge in [0, 0.05) is 12.8 Å². The Morgan fingerprint density at radius 3 is 0.816 bits per heavy atom.